The van der Waals surface area contributed by atoms with E-state index in [-0.39, 0.29) is 24.0 Å². The van der Waals surface area contributed by atoms with Crippen LogP contribution in [0.25, 0.3) is 0 Å². The van der Waals surface area contributed by atoms with Gasteiger partial charge in [-0.2, -0.15) is 0 Å². The Bertz CT molecular complexity index is 554. The molecule has 0 amide bonds. The lowest BCUT2D eigenvalue weighted by molar-refractivity contribution is -0.139. The Hall–Kier alpha value is -1.40. The van der Waals surface area contributed by atoms with E-state index in [0.717, 1.165) is 5.56 Å². The van der Waals surface area contributed by atoms with Crippen LogP contribution in [0.2, 0.25) is 0 Å². The van der Waals surface area contributed by atoms with Gasteiger partial charge < -0.3 is 5.11 Å². The Kier molecular flexibility index (Phi) is 6.36. The molecule has 0 radical (unpaired) electrons. The number of hydrogen-bond acceptors (Lipinski definition) is 3. The van der Waals surface area contributed by atoms with Crippen LogP contribution < -0.4 is 4.72 Å². The average Bonchev–Trinajstić information content (AvgIpc) is 2.37. The molecule has 2 N–H and O–H groups in total. The minimum absolute atomic E-state index is 0.0975. The molecule has 0 spiro atoms. The van der Waals surface area contributed by atoms with Crippen LogP contribution in [0.15, 0.2) is 30.3 Å². The first-order valence-electron chi connectivity index (χ1n) is 6.99. The summed E-state index contributed by atoms with van der Waals surface area (Å²) in [5.74, 6) is -1.36. The van der Waals surface area contributed by atoms with E-state index in [0.29, 0.717) is 0 Å². The average molecular weight is 313 g/mol. The zero-order valence-electron chi connectivity index (χ0n) is 12.6. The molecule has 6 heteroatoms. The molecular formula is C15H23NO4S. The summed E-state index contributed by atoms with van der Waals surface area (Å²) < 4.78 is 26.6. The summed E-state index contributed by atoms with van der Waals surface area (Å²) in [6.07, 6.45) is 0.272. The molecular weight excluding hydrogens is 290 g/mol. The largest absolute Gasteiger partial charge is 0.480 e. The molecule has 1 unspecified atom stereocenters. The van der Waals surface area contributed by atoms with Crippen molar-refractivity contribution in [2.75, 3.05) is 5.75 Å². The summed E-state index contributed by atoms with van der Waals surface area (Å²) in [5.41, 5.74) is 0.915. The Labute approximate surface area is 126 Å². The molecule has 0 aliphatic carbocycles. The van der Waals surface area contributed by atoms with Crippen molar-refractivity contribution in [2.24, 2.45) is 5.92 Å². The molecule has 2 atom stereocenters. The number of nitrogens with one attached hydrogen (secondary N) is 1. The minimum Gasteiger partial charge on any atom is -0.480 e. The number of aliphatic carboxylic acids is 1. The number of carboxylic acids is 1. The molecule has 0 aromatic heterocycles. The predicted octanol–water partition coefficient (Wildman–Crippen LogP) is 2.21. The van der Waals surface area contributed by atoms with Crippen LogP contribution in [-0.2, 0) is 14.8 Å². The summed E-state index contributed by atoms with van der Waals surface area (Å²) >= 11 is 0. The van der Waals surface area contributed by atoms with Crippen LogP contribution in [0.3, 0.4) is 0 Å². The van der Waals surface area contributed by atoms with Crippen LogP contribution in [0.1, 0.15) is 38.7 Å². The quantitative estimate of drug-likeness (QED) is 0.771. The van der Waals surface area contributed by atoms with Crippen LogP contribution in [0, 0.1) is 5.92 Å². The van der Waals surface area contributed by atoms with Crippen molar-refractivity contribution in [3.63, 3.8) is 0 Å². The van der Waals surface area contributed by atoms with Gasteiger partial charge in [0.05, 0.1) is 5.75 Å². The first-order chi connectivity index (χ1) is 9.71. The van der Waals surface area contributed by atoms with Crippen molar-refractivity contribution in [2.45, 2.75) is 39.2 Å². The molecule has 5 nitrogen and oxygen atoms in total. The van der Waals surface area contributed by atoms with Gasteiger partial charge in [-0.15, -0.1) is 0 Å². The van der Waals surface area contributed by atoms with E-state index in [4.69, 9.17) is 5.11 Å². The third kappa shape index (κ3) is 6.27. The van der Waals surface area contributed by atoms with Crippen molar-refractivity contribution >= 4 is 16.0 Å². The predicted molar refractivity (Wildman–Crippen MR) is 82.7 cm³/mol. The fraction of sp³-hybridized carbons (Fsp3) is 0.533. The minimum atomic E-state index is -3.65. The van der Waals surface area contributed by atoms with Gasteiger partial charge in [-0.25, -0.2) is 13.1 Å². The number of carboxylic acid groups (broad SMARTS) is 1. The molecule has 0 aliphatic rings. The fourth-order valence-corrected chi connectivity index (χ4v) is 3.72. The molecule has 0 saturated carbocycles. The highest BCUT2D eigenvalue weighted by molar-refractivity contribution is 7.89. The third-order valence-corrected chi connectivity index (χ3v) is 4.75. The molecule has 0 bridgehead atoms. The standard InChI is InChI=1S/C15H23NO4S/c1-11(2)9-14(15(17)18)16-21(19,20)10-12(3)13-7-5-4-6-8-13/h4-8,11-12,14,16H,9-10H2,1-3H3,(H,17,18)/t12?,14-/m0/s1. The first kappa shape index (κ1) is 17.7. The maximum atomic E-state index is 12.1. The number of carbonyl (C=O) groups is 1. The summed E-state index contributed by atoms with van der Waals surface area (Å²) in [6, 6.07) is 8.23. The van der Waals surface area contributed by atoms with Gasteiger partial charge in [-0.1, -0.05) is 51.1 Å². The molecule has 21 heavy (non-hydrogen) atoms. The summed E-state index contributed by atoms with van der Waals surface area (Å²) in [5, 5.41) is 9.11. The molecule has 1 aromatic rings. The molecule has 0 saturated heterocycles. The zero-order valence-corrected chi connectivity index (χ0v) is 13.4. The van der Waals surface area contributed by atoms with Gasteiger partial charge in [-0.05, 0) is 23.8 Å². The molecule has 0 aliphatic heterocycles. The van der Waals surface area contributed by atoms with E-state index in [2.05, 4.69) is 4.72 Å². The highest BCUT2D eigenvalue weighted by Crippen LogP contribution is 2.17. The highest BCUT2D eigenvalue weighted by Gasteiger charge is 2.26. The fourth-order valence-electron chi connectivity index (χ4n) is 2.14. The van der Waals surface area contributed by atoms with Crippen molar-refractivity contribution < 1.29 is 18.3 Å². The lowest BCUT2D eigenvalue weighted by atomic mass is 10.0. The van der Waals surface area contributed by atoms with Gasteiger partial charge in [0.2, 0.25) is 10.0 Å². The van der Waals surface area contributed by atoms with Crippen LogP contribution >= 0.6 is 0 Å². The van der Waals surface area contributed by atoms with Crippen molar-refractivity contribution in [3.05, 3.63) is 35.9 Å². The first-order valence-corrected chi connectivity index (χ1v) is 8.64. The van der Waals surface area contributed by atoms with Crippen LogP contribution in [-0.4, -0.2) is 31.3 Å². The van der Waals surface area contributed by atoms with Gasteiger partial charge in [0.1, 0.15) is 6.04 Å². The number of benzene rings is 1. The van der Waals surface area contributed by atoms with E-state index in [1.807, 2.05) is 51.1 Å². The van der Waals surface area contributed by atoms with Gasteiger partial charge in [-0.3, -0.25) is 4.79 Å². The van der Waals surface area contributed by atoms with Gasteiger partial charge >= 0.3 is 5.97 Å². The van der Waals surface area contributed by atoms with Crippen LogP contribution in [0.5, 0.6) is 0 Å². The van der Waals surface area contributed by atoms with Gasteiger partial charge in [0.15, 0.2) is 0 Å². The van der Waals surface area contributed by atoms with Crippen molar-refractivity contribution in [1.82, 2.24) is 4.72 Å². The van der Waals surface area contributed by atoms with E-state index < -0.39 is 22.0 Å². The second kappa shape index (κ2) is 7.56. The monoisotopic (exact) mass is 313 g/mol. The van der Waals surface area contributed by atoms with E-state index >= 15 is 0 Å². The molecule has 1 rings (SSSR count). The zero-order chi connectivity index (χ0) is 16.0. The molecule has 0 fully saturated rings. The van der Waals surface area contributed by atoms with E-state index in [9.17, 15) is 13.2 Å². The summed E-state index contributed by atoms with van der Waals surface area (Å²) in [4.78, 5) is 11.1. The Morgan fingerprint density at radius 1 is 1.19 bits per heavy atom. The van der Waals surface area contributed by atoms with Crippen LogP contribution in [0.4, 0.5) is 0 Å². The second-order valence-electron chi connectivity index (χ2n) is 5.73. The maximum Gasteiger partial charge on any atom is 0.321 e. The second-order valence-corrected chi connectivity index (χ2v) is 7.53. The number of sulfonamides is 1. The normalized spacial score (nSPS) is 14.9. The topological polar surface area (TPSA) is 83.5 Å². The van der Waals surface area contributed by atoms with E-state index in [1.54, 1.807) is 0 Å². The summed E-state index contributed by atoms with van der Waals surface area (Å²) in [6.45, 7) is 5.53. The van der Waals surface area contributed by atoms with Gasteiger partial charge in [0.25, 0.3) is 0 Å². The lowest BCUT2D eigenvalue weighted by Crippen LogP contribution is -2.43. The lowest BCUT2D eigenvalue weighted by Gasteiger charge is -2.18. The van der Waals surface area contributed by atoms with E-state index in [1.165, 1.54) is 0 Å². The number of rotatable bonds is 8. The maximum absolute atomic E-state index is 12.1. The molecule has 1 aromatic carbocycles. The Morgan fingerprint density at radius 3 is 2.24 bits per heavy atom. The SMILES string of the molecule is CC(C)C[C@H](NS(=O)(=O)CC(C)c1ccccc1)C(=O)O. The number of hydrogen-bond donors (Lipinski definition) is 2. The Morgan fingerprint density at radius 2 is 1.76 bits per heavy atom. The smallest absolute Gasteiger partial charge is 0.321 e. The molecule has 118 valence electrons. The molecule has 0 heterocycles. The van der Waals surface area contributed by atoms with Gasteiger partial charge in [0, 0.05) is 0 Å². The van der Waals surface area contributed by atoms with Crippen molar-refractivity contribution in [1.29, 1.82) is 0 Å². The highest BCUT2D eigenvalue weighted by atomic mass is 32.2. The van der Waals surface area contributed by atoms with Crippen molar-refractivity contribution in [3.8, 4) is 0 Å². The Balaban J connectivity index is 2.74. The third-order valence-electron chi connectivity index (χ3n) is 3.17. The summed E-state index contributed by atoms with van der Waals surface area (Å²) in [7, 11) is -3.65.